The van der Waals surface area contributed by atoms with Gasteiger partial charge in [0.25, 0.3) is 11.8 Å². The summed E-state index contributed by atoms with van der Waals surface area (Å²) < 4.78 is 5.60. The molecule has 6 heteroatoms. The van der Waals surface area contributed by atoms with Crippen molar-refractivity contribution in [2.75, 3.05) is 11.9 Å². The van der Waals surface area contributed by atoms with Crippen molar-refractivity contribution in [2.45, 2.75) is 40.0 Å². The van der Waals surface area contributed by atoms with Crippen LogP contribution in [0.4, 0.5) is 5.00 Å². The number of ether oxygens (including phenoxy) is 1. The maximum absolute atomic E-state index is 12.3. The number of anilines is 1. The van der Waals surface area contributed by atoms with Gasteiger partial charge in [-0.05, 0) is 67.9 Å². The molecule has 0 saturated heterocycles. The van der Waals surface area contributed by atoms with Gasteiger partial charge in [-0.2, -0.15) is 0 Å². The van der Waals surface area contributed by atoms with Gasteiger partial charge in [-0.3, -0.25) is 9.59 Å². The Kier molecular flexibility index (Phi) is 5.32. The van der Waals surface area contributed by atoms with Gasteiger partial charge in [0, 0.05) is 4.88 Å². The van der Waals surface area contributed by atoms with Crippen molar-refractivity contribution in [3.8, 4) is 5.75 Å². The van der Waals surface area contributed by atoms with Crippen LogP contribution in [0.1, 0.15) is 45.3 Å². The number of nitrogens with two attached hydrogens (primary N) is 1. The van der Waals surface area contributed by atoms with E-state index in [2.05, 4.69) is 12.2 Å². The lowest BCUT2D eigenvalue weighted by Gasteiger charge is -2.18. The van der Waals surface area contributed by atoms with E-state index in [1.165, 1.54) is 11.3 Å². The zero-order chi connectivity index (χ0) is 18.8. The van der Waals surface area contributed by atoms with Crippen LogP contribution in [-0.2, 0) is 17.6 Å². The second kappa shape index (κ2) is 7.50. The highest BCUT2D eigenvalue weighted by Crippen LogP contribution is 2.39. The van der Waals surface area contributed by atoms with Crippen LogP contribution in [0.15, 0.2) is 18.2 Å². The minimum absolute atomic E-state index is 0.111. The molecule has 1 aliphatic rings. The normalized spacial score (nSPS) is 16.0. The number of hydrogen-bond donors (Lipinski definition) is 2. The van der Waals surface area contributed by atoms with Crippen molar-refractivity contribution < 1.29 is 14.3 Å². The molecule has 1 heterocycles. The first kappa shape index (κ1) is 18.5. The smallest absolute Gasteiger partial charge is 0.262 e. The molecule has 138 valence electrons. The summed E-state index contributed by atoms with van der Waals surface area (Å²) in [6.07, 6.45) is 2.79. The van der Waals surface area contributed by atoms with Crippen molar-refractivity contribution in [1.29, 1.82) is 0 Å². The summed E-state index contributed by atoms with van der Waals surface area (Å²) in [7, 11) is 0. The van der Waals surface area contributed by atoms with Gasteiger partial charge in [0.05, 0.1) is 5.56 Å². The van der Waals surface area contributed by atoms with Crippen molar-refractivity contribution in [3.63, 3.8) is 0 Å². The standard InChI is InChI=1S/C20H24N2O3S/c1-11-4-5-15-16(9-11)26-20(18(15)19(21)24)22-17(23)10-25-14-7-12(2)6-13(3)8-14/h6-8,11H,4-5,9-10H2,1-3H3,(H2,21,24)(H,22,23). The number of aryl methyl sites for hydroxylation is 2. The van der Waals surface area contributed by atoms with Crippen LogP contribution in [0, 0.1) is 19.8 Å². The molecule has 0 radical (unpaired) electrons. The molecule has 1 aromatic heterocycles. The zero-order valence-electron chi connectivity index (χ0n) is 15.3. The summed E-state index contributed by atoms with van der Waals surface area (Å²) >= 11 is 1.46. The minimum atomic E-state index is -0.484. The minimum Gasteiger partial charge on any atom is -0.484 e. The summed E-state index contributed by atoms with van der Waals surface area (Å²) in [6.45, 7) is 6.05. The summed E-state index contributed by atoms with van der Waals surface area (Å²) in [5.74, 6) is 0.464. The molecule has 3 N–H and O–H groups in total. The first-order valence-corrected chi connectivity index (χ1v) is 9.60. The third-order valence-corrected chi connectivity index (χ3v) is 5.75. The Morgan fingerprint density at radius 2 is 1.96 bits per heavy atom. The van der Waals surface area contributed by atoms with Crippen LogP contribution in [0.2, 0.25) is 0 Å². The zero-order valence-corrected chi connectivity index (χ0v) is 16.2. The lowest BCUT2D eigenvalue weighted by Crippen LogP contribution is -2.22. The Morgan fingerprint density at radius 1 is 1.27 bits per heavy atom. The number of carbonyl (C=O) groups is 2. The van der Waals surface area contributed by atoms with Crippen molar-refractivity contribution in [1.82, 2.24) is 0 Å². The Morgan fingerprint density at radius 3 is 2.62 bits per heavy atom. The van der Waals surface area contributed by atoms with Crippen molar-refractivity contribution in [3.05, 3.63) is 45.3 Å². The number of rotatable bonds is 5. The molecule has 2 aromatic rings. The van der Waals surface area contributed by atoms with Crippen LogP contribution in [0.3, 0.4) is 0 Å². The number of nitrogens with one attached hydrogen (secondary N) is 1. The molecular formula is C20H24N2O3S. The summed E-state index contributed by atoms with van der Waals surface area (Å²) in [5, 5.41) is 3.36. The molecule has 0 bridgehead atoms. The lowest BCUT2D eigenvalue weighted by atomic mass is 9.88. The number of carbonyl (C=O) groups excluding carboxylic acids is 2. The molecule has 1 aliphatic carbocycles. The van der Waals surface area contributed by atoms with E-state index >= 15 is 0 Å². The van der Waals surface area contributed by atoms with Gasteiger partial charge in [0.1, 0.15) is 10.8 Å². The Bertz CT molecular complexity index is 837. The summed E-state index contributed by atoms with van der Waals surface area (Å²) in [4.78, 5) is 25.4. The molecule has 0 saturated carbocycles. The maximum Gasteiger partial charge on any atom is 0.262 e. The highest BCUT2D eigenvalue weighted by atomic mass is 32.1. The third kappa shape index (κ3) is 4.07. The molecule has 26 heavy (non-hydrogen) atoms. The Labute approximate surface area is 157 Å². The second-order valence-electron chi connectivity index (χ2n) is 7.08. The quantitative estimate of drug-likeness (QED) is 0.841. The monoisotopic (exact) mass is 372 g/mol. The van der Waals surface area contributed by atoms with E-state index in [4.69, 9.17) is 10.5 Å². The average Bonchev–Trinajstić information content (AvgIpc) is 2.89. The highest BCUT2D eigenvalue weighted by Gasteiger charge is 2.27. The fourth-order valence-electron chi connectivity index (χ4n) is 3.43. The Hall–Kier alpha value is -2.34. The van der Waals surface area contributed by atoms with Crippen molar-refractivity contribution in [2.24, 2.45) is 11.7 Å². The first-order valence-electron chi connectivity index (χ1n) is 8.78. The van der Waals surface area contributed by atoms with Gasteiger partial charge in [-0.25, -0.2) is 0 Å². The van der Waals surface area contributed by atoms with E-state index in [1.807, 2.05) is 32.0 Å². The number of thiophene rings is 1. The average molecular weight is 372 g/mol. The molecule has 0 aliphatic heterocycles. The SMILES string of the molecule is Cc1cc(C)cc(OCC(=O)Nc2sc3c(c2C(N)=O)CCC(C)C3)c1. The van der Waals surface area contributed by atoms with Crippen molar-refractivity contribution >= 4 is 28.2 Å². The van der Waals surface area contributed by atoms with E-state index < -0.39 is 5.91 Å². The number of benzene rings is 1. The molecule has 1 atom stereocenters. The van der Waals surface area contributed by atoms with Gasteiger partial charge in [0.15, 0.2) is 6.61 Å². The molecule has 3 rings (SSSR count). The summed E-state index contributed by atoms with van der Waals surface area (Å²) in [5.41, 5.74) is 9.21. The van der Waals surface area contributed by atoms with E-state index in [-0.39, 0.29) is 12.5 Å². The van der Waals surface area contributed by atoms with Gasteiger partial charge >= 0.3 is 0 Å². The van der Waals surface area contributed by atoms with E-state index in [0.29, 0.717) is 22.2 Å². The first-order chi connectivity index (χ1) is 12.3. The highest BCUT2D eigenvalue weighted by molar-refractivity contribution is 7.17. The number of fused-ring (bicyclic) bond motifs is 1. The maximum atomic E-state index is 12.3. The van der Waals surface area contributed by atoms with Crippen LogP contribution >= 0.6 is 11.3 Å². The van der Waals surface area contributed by atoms with E-state index in [0.717, 1.165) is 40.8 Å². The van der Waals surface area contributed by atoms with Gasteiger partial charge < -0.3 is 15.8 Å². The predicted octanol–water partition coefficient (Wildman–Crippen LogP) is 3.61. The number of hydrogen-bond acceptors (Lipinski definition) is 4. The molecule has 0 spiro atoms. The largest absolute Gasteiger partial charge is 0.484 e. The summed E-state index contributed by atoms with van der Waals surface area (Å²) in [6, 6.07) is 5.82. The van der Waals surface area contributed by atoms with Gasteiger partial charge in [-0.15, -0.1) is 11.3 Å². The number of amides is 2. The van der Waals surface area contributed by atoms with Crippen LogP contribution in [0.25, 0.3) is 0 Å². The molecule has 0 fully saturated rings. The second-order valence-corrected chi connectivity index (χ2v) is 8.19. The van der Waals surface area contributed by atoms with E-state index in [1.54, 1.807) is 0 Å². The topological polar surface area (TPSA) is 81.4 Å². The fourth-order valence-corrected chi connectivity index (χ4v) is 4.86. The van der Waals surface area contributed by atoms with Crippen LogP contribution < -0.4 is 15.8 Å². The van der Waals surface area contributed by atoms with Crippen LogP contribution in [-0.4, -0.2) is 18.4 Å². The van der Waals surface area contributed by atoms with Crippen LogP contribution in [0.5, 0.6) is 5.75 Å². The van der Waals surface area contributed by atoms with Gasteiger partial charge in [-0.1, -0.05) is 13.0 Å². The molecular weight excluding hydrogens is 348 g/mol. The number of primary amides is 1. The van der Waals surface area contributed by atoms with Gasteiger partial charge in [0.2, 0.25) is 0 Å². The lowest BCUT2D eigenvalue weighted by molar-refractivity contribution is -0.118. The molecule has 5 nitrogen and oxygen atoms in total. The molecule has 1 unspecified atom stereocenters. The third-order valence-electron chi connectivity index (χ3n) is 4.58. The predicted molar refractivity (Wildman–Crippen MR) is 104 cm³/mol. The molecule has 1 aromatic carbocycles. The Balaban J connectivity index is 1.72. The fraction of sp³-hybridized carbons (Fsp3) is 0.400. The molecule has 2 amide bonds. The van der Waals surface area contributed by atoms with E-state index in [9.17, 15) is 9.59 Å².